The molecule has 5 aliphatic rings. The predicted molar refractivity (Wildman–Crippen MR) is 107 cm³/mol. The van der Waals surface area contributed by atoms with Gasteiger partial charge in [0.1, 0.15) is 11.8 Å². The maximum atomic E-state index is 12.9. The van der Waals surface area contributed by atoms with Crippen LogP contribution < -0.4 is 20.7 Å². The van der Waals surface area contributed by atoms with Crippen LogP contribution in [0.2, 0.25) is 0 Å². The molecule has 150 valence electrons. The summed E-state index contributed by atoms with van der Waals surface area (Å²) >= 11 is 0. The van der Waals surface area contributed by atoms with Gasteiger partial charge in [-0.05, 0) is 88.3 Å². The molecule has 4 bridgehead atoms. The van der Waals surface area contributed by atoms with Gasteiger partial charge < -0.3 is 20.7 Å². The number of carbonyl (C=O) groups is 2. The average molecular weight is 383 g/mol. The van der Waals surface area contributed by atoms with Crippen molar-refractivity contribution in [3.05, 3.63) is 18.2 Å². The maximum absolute atomic E-state index is 12.9. The number of amides is 2. The molecule has 1 heterocycles. The lowest BCUT2D eigenvalue weighted by Crippen LogP contribution is -2.61. The highest BCUT2D eigenvalue weighted by Gasteiger charge is 2.51. The molecule has 6 heteroatoms. The third kappa shape index (κ3) is 3.12. The molecule has 1 aliphatic heterocycles. The van der Waals surface area contributed by atoms with Gasteiger partial charge in [-0.1, -0.05) is 0 Å². The average Bonchev–Trinajstić information content (AvgIpc) is 2.61. The first-order valence-corrected chi connectivity index (χ1v) is 10.6. The smallest absolute Gasteiger partial charge is 0.265 e. The molecule has 4 fully saturated rings. The summed E-state index contributed by atoms with van der Waals surface area (Å²) in [5.74, 6) is 2.98. The van der Waals surface area contributed by atoms with Crippen molar-refractivity contribution in [1.82, 2.24) is 5.32 Å². The van der Waals surface area contributed by atoms with Crippen LogP contribution in [0, 0.1) is 17.8 Å². The van der Waals surface area contributed by atoms with Crippen LogP contribution in [-0.2, 0) is 9.59 Å². The highest BCUT2D eigenvalue weighted by atomic mass is 16.5. The Kier molecular flexibility index (Phi) is 4.07. The Morgan fingerprint density at radius 2 is 1.82 bits per heavy atom. The molecule has 6 rings (SSSR count). The largest absolute Gasteiger partial charge is 0.479 e. The van der Waals surface area contributed by atoms with E-state index in [0.29, 0.717) is 11.4 Å². The van der Waals surface area contributed by atoms with Crippen LogP contribution in [0.4, 0.5) is 11.4 Å². The summed E-state index contributed by atoms with van der Waals surface area (Å²) < 4.78 is 5.59. The van der Waals surface area contributed by atoms with Crippen molar-refractivity contribution in [2.45, 2.75) is 70.1 Å². The Morgan fingerprint density at radius 1 is 1.18 bits per heavy atom. The van der Waals surface area contributed by atoms with Gasteiger partial charge >= 0.3 is 0 Å². The summed E-state index contributed by atoms with van der Waals surface area (Å²) in [4.78, 5) is 24.8. The lowest BCUT2D eigenvalue weighted by molar-refractivity contribution is -0.127. The van der Waals surface area contributed by atoms with E-state index in [9.17, 15) is 9.59 Å². The third-order valence-corrected chi connectivity index (χ3v) is 7.11. The fourth-order valence-electron chi connectivity index (χ4n) is 6.25. The van der Waals surface area contributed by atoms with Gasteiger partial charge in [0.2, 0.25) is 5.91 Å². The molecule has 6 nitrogen and oxygen atoms in total. The number of benzene rings is 1. The van der Waals surface area contributed by atoms with Gasteiger partial charge in [0.15, 0.2) is 6.10 Å². The quantitative estimate of drug-likeness (QED) is 0.745. The van der Waals surface area contributed by atoms with E-state index in [1.165, 1.54) is 19.3 Å². The van der Waals surface area contributed by atoms with E-state index >= 15 is 0 Å². The normalized spacial score (nSPS) is 36.1. The van der Waals surface area contributed by atoms with Gasteiger partial charge in [0.25, 0.3) is 5.91 Å². The van der Waals surface area contributed by atoms with Crippen LogP contribution in [0.25, 0.3) is 0 Å². The van der Waals surface area contributed by atoms with E-state index in [2.05, 4.69) is 16.0 Å². The molecule has 0 unspecified atom stereocenters. The first kappa shape index (κ1) is 17.8. The van der Waals surface area contributed by atoms with Gasteiger partial charge in [-0.25, -0.2) is 0 Å². The molecular formula is C22H29N3O3. The van der Waals surface area contributed by atoms with Crippen LogP contribution in [-0.4, -0.2) is 29.5 Å². The van der Waals surface area contributed by atoms with Gasteiger partial charge in [-0.3, -0.25) is 9.59 Å². The van der Waals surface area contributed by atoms with Crippen LogP contribution in [0.5, 0.6) is 5.75 Å². The standard InChI is InChI=1S/C22H29N3O3/c1-12(23-17-3-4-19-18(8-17)24-21(27)13(2)28-19)20(26)25-22-9-14-5-15(10-22)7-16(6-14)11-22/h3-4,8,12-16,23H,5-7,9-11H2,1-2H3,(H,24,27)(H,25,26)/t12-,13+,14?,15?,16?,22?/m0/s1. The Balaban J connectivity index is 1.25. The zero-order chi connectivity index (χ0) is 19.5. The summed E-state index contributed by atoms with van der Waals surface area (Å²) in [6.07, 6.45) is 7.06. The Morgan fingerprint density at radius 3 is 2.46 bits per heavy atom. The topological polar surface area (TPSA) is 79.5 Å². The highest BCUT2D eigenvalue weighted by Crippen LogP contribution is 2.55. The Hall–Kier alpha value is -2.24. The van der Waals surface area contributed by atoms with E-state index in [0.717, 1.165) is 42.7 Å². The van der Waals surface area contributed by atoms with E-state index in [4.69, 9.17) is 4.74 Å². The summed E-state index contributed by atoms with van der Waals surface area (Å²) in [5, 5.41) is 9.56. The Labute approximate surface area is 165 Å². The van der Waals surface area contributed by atoms with Crippen molar-refractivity contribution in [3.63, 3.8) is 0 Å². The molecule has 4 aliphatic carbocycles. The lowest BCUT2D eigenvalue weighted by atomic mass is 9.53. The second-order valence-electron chi connectivity index (χ2n) is 9.51. The molecule has 2 amide bonds. The van der Waals surface area contributed by atoms with Gasteiger partial charge in [0.05, 0.1) is 5.69 Å². The van der Waals surface area contributed by atoms with E-state index in [-0.39, 0.29) is 23.4 Å². The van der Waals surface area contributed by atoms with Gasteiger partial charge in [0, 0.05) is 11.2 Å². The number of anilines is 2. The summed E-state index contributed by atoms with van der Waals surface area (Å²) in [7, 11) is 0. The number of fused-ring (bicyclic) bond motifs is 1. The second kappa shape index (κ2) is 6.39. The first-order chi connectivity index (χ1) is 13.4. The zero-order valence-electron chi connectivity index (χ0n) is 16.6. The molecule has 2 atom stereocenters. The lowest BCUT2D eigenvalue weighted by Gasteiger charge is -2.57. The van der Waals surface area contributed by atoms with Crippen molar-refractivity contribution in [2.75, 3.05) is 10.6 Å². The molecule has 0 spiro atoms. The molecular weight excluding hydrogens is 354 g/mol. The van der Waals surface area contributed by atoms with Crippen LogP contribution in [0.3, 0.4) is 0 Å². The van der Waals surface area contributed by atoms with E-state index in [1.807, 2.05) is 25.1 Å². The summed E-state index contributed by atoms with van der Waals surface area (Å²) in [6, 6.07) is 5.20. The van der Waals surface area contributed by atoms with Crippen molar-refractivity contribution >= 4 is 23.2 Å². The SMILES string of the molecule is C[C@H](Nc1ccc2c(c1)NC(=O)[C@@H](C)O2)C(=O)NC12CC3CC(CC(C3)C1)C2. The molecule has 0 aromatic heterocycles. The number of carbonyl (C=O) groups excluding carboxylic acids is 2. The molecule has 3 N–H and O–H groups in total. The minimum absolute atomic E-state index is 0.0234. The van der Waals surface area contributed by atoms with Crippen LogP contribution >= 0.6 is 0 Å². The number of rotatable bonds is 4. The number of hydrogen-bond donors (Lipinski definition) is 3. The highest BCUT2D eigenvalue weighted by molar-refractivity contribution is 5.98. The molecule has 0 radical (unpaired) electrons. The van der Waals surface area contributed by atoms with Crippen molar-refractivity contribution in [2.24, 2.45) is 17.8 Å². The Bertz CT molecular complexity index is 786. The van der Waals surface area contributed by atoms with Gasteiger partial charge in [-0.2, -0.15) is 0 Å². The molecule has 0 saturated heterocycles. The second-order valence-corrected chi connectivity index (χ2v) is 9.51. The number of nitrogens with one attached hydrogen (secondary N) is 3. The van der Waals surface area contributed by atoms with Crippen LogP contribution in [0.1, 0.15) is 52.4 Å². The molecule has 1 aromatic carbocycles. The fourth-order valence-corrected chi connectivity index (χ4v) is 6.25. The fraction of sp³-hybridized carbons (Fsp3) is 0.636. The van der Waals surface area contributed by atoms with E-state index in [1.54, 1.807) is 6.92 Å². The van der Waals surface area contributed by atoms with Crippen LogP contribution in [0.15, 0.2) is 18.2 Å². The first-order valence-electron chi connectivity index (χ1n) is 10.6. The van der Waals surface area contributed by atoms with Crippen molar-refractivity contribution < 1.29 is 14.3 Å². The predicted octanol–water partition coefficient (Wildman–Crippen LogP) is 3.29. The molecule has 1 aromatic rings. The number of ether oxygens (including phenoxy) is 1. The van der Waals surface area contributed by atoms with E-state index < -0.39 is 6.10 Å². The summed E-state index contributed by atoms with van der Waals surface area (Å²) in [5.41, 5.74) is 1.46. The third-order valence-electron chi connectivity index (χ3n) is 7.11. The van der Waals surface area contributed by atoms with Crippen molar-refractivity contribution in [3.8, 4) is 5.75 Å². The van der Waals surface area contributed by atoms with Crippen molar-refractivity contribution in [1.29, 1.82) is 0 Å². The molecule has 28 heavy (non-hydrogen) atoms. The van der Waals surface area contributed by atoms with Gasteiger partial charge in [-0.15, -0.1) is 0 Å². The zero-order valence-corrected chi connectivity index (χ0v) is 16.6. The minimum Gasteiger partial charge on any atom is -0.479 e. The minimum atomic E-state index is -0.490. The monoisotopic (exact) mass is 383 g/mol. The number of hydrogen-bond acceptors (Lipinski definition) is 4. The maximum Gasteiger partial charge on any atom is 0.265 e. The molecule has 4 saturated carbocycles. The summed E-state index contributed by atoms with van der Waals surface area (Å²) in [6.45, 7) is 3.62.